The highest BCUT2D eigenvalue weighted by Gasteiger charge is 2.27. The molecule has 0 N–H and O–H groups in total. The first-order valence-corrected chi connectivity index (χ1v) is 10.1. The van der Waals surface area contributed by atoms with Crippen LogP contribution in [0.25, 0.3) is 0 Å². The molecule has 1 heterocycles. The zero-order valence-corrected chi connectivity index (χ0v) is 16.8. The molecule has 0 saturated carbocycles. The van der Waals surface area contributed by atoms with Crippen molar-refractivity contribution in [1.29, 1.82) is 0 Å². The molecule has 0 radical (unpaired) electrons. The maximum Gasteiger partial charge on any atom is 0.341 e. The van der Waals surface area contributed by atoms with Gasteiger partial charge in [0.2, 0.25) is 10.0 Å². The number of amides is 1. The molecule has 0 unspecified atom stereocenters. The van der Waals surface area contributed by atoms with Crippen molar-refractivity contribution in [3.63, 3.8) is 0 Å². The minimum Gasteiger partial charge on any atom is -0.452 e. The second-order valence-corrected chi connectivity index (χ2v) is 9.40. The summed E-state index contributed by atoms with van der Waals surface area (Å²) in [5.74, 6) is -1.61. The summed E-state index contributed by atoms with van der Waals surface area (Å²) in [7, 11) is -1.17. The van der Waals surface area contributed by atoms with Gasteiger partial charge in [-0.15, -0.1) is 0 Å². The Morgan fingerprint density at radius 3 is 2.37 bits per heavy atom. The van der Waals surface area contributed by atoms with Gasteiger partial charge in [0.15, 0.2) is 6.61 Å². The molecular weight excluding hydrogens is 375 g/mol. The summed E-state index contributed by atoms with van der Waals surface area (Å²) < 4.78 is 44.2. The van der Waals surface area contributed by atoms with E-state index in [9.17, 15) is 22.4 Å². The fourth-order valence-corrected chi connectivity index (χ4v) is 4.12. The van der Waals surface area contributed by atoms with Gasteiger partial charge >= 0.3 is 5.97 Å². The van der Waals surface area contributed by atoms with E-state index in [-0.39, 0.29) is 10.8 Å². The Balaban J connectivity index is 2.09. The SMILES string of the molecule is C[C@@H]1C[C@H](C)CN(C(=O)COC(=O)c2cc(S(=O)(=O)N(C)C)ccc2F)C1. The molecule has 0 bridgehead atoms. The molecule has 0 aliphatic carbocycles. The molecule has 150 valence electrons. The Hall–Kier alpha value is -2.00. The summed E-state index contributed by atoms with van der Waals surface area (Å²) in [6.07, 6.45) is 1.03. The van der Waals surface area contributed by atoms with Crippen LogP contribution in [0.5, 0.6) is 0 Å². The Morgan fingerprint density at radius 1 is 1.22 bits per heavy atom. The fourth-order valence-electron chi connectivity index (χ4n) is 3.19. The standard InChI is InChI=1S/C18H25FN2O5S/c1-12-7-13(2)10-21(9-12)17(22)11-26-18(23)15-8-14(5-6-16(15)19)27(24,25)20(3)4/h5-6,8,12-13H,7,9-11H2,1-4H3/t12-,13+. The van der Waals surface area contributed by atoms with Crippen LogP contribution < -0.4 is 0 Å². The second-order valence-electron chi connectivity index (χ2n) is 7.25. The third kappa shape index (κ3) is 5.04. The van der Waals surface area contributed by atoms with E-state index in [4.69, 9.17) is 4.74 Å². The van der Waals surface area contributed by atoms with Crippen molar-refractivity contribution in [2.45, 2.75) is 25.2 Å². The van der Waals surface area contributed by atoms with Gasteiger partial charge in [-0.3, -0.25) is 4.79 Å². The Kier molecular flexibility index (Phi) is 6.59. The van der Waals surface area contributed by atoms with Crippen molar-refractivity contribution in [1.82, 2.24) is 9.21 Å². The number of carbonyl (C=O) groups is 2. The van der Waals surface area contributed by atoms with E-state index in [0.29, 0.717) is 24.9 Å². The highest BCUT2D eigenvalue weighted by atomic mass is 32.2. The Labute approximate surface area is 159 Å². The van der Waals surface area contributed by atoms with Gasteiger partial charge in [-0.2, -0.15) is 0 Å². The van der Waals surface area contributed by atoms with E-state index in [1.165, 1.54) is 14.1 Å². The fraction of sp³-hybridized carbons (Fsp3) is 0.556. The van der Waals surface area contributed by atoms with Gasteiger partial charge in [0, 0.05) is 27.2 Å². The molecule has 1 amide bonds. The maximum atomic E-state index is 14.0. The Bertz CT molecular complexity index is 815. The number of ether oxygens (including phenoxy) is 1. The summed E-state index contributed by atoms with van der Waals surface area (Å²) in [4.78, 5) is 25.9. The maximum absolute atomic E-state index is 14.0. The number of sulfonamides is 1. The Morgan fingerprint density at radius 2 is 1.81 bits per heavy atom. The van der Waals surface area contributed by atoms with Gasteiger partial charge in [-0.05, 0) is 36.5 Å². The first kappa shape index (κ1) is 21.3. The number of nitrogens with zero attached hydrogens (tertiary/aromatic N) is 2. The number of carbonyl (C=O) groups excluding carboxylic acids is 2. The largest absolute Gasteiger partial charge is 0.452 e. The number of likely N-dealkylation sites (tertiary alicyclic amines) is 1. The summed E-state index contributed by atoms with van der Waals surface area (Å²) in [6, 6.07) is 2.88. The zero-order valence-electron chi connectivity index (χ0n) is 15.9. The van der Waals surface area contributed by atoms with Crippen LogP contribution in [0, 0.1) is 17.7 Å². The molecule has 1 aliphatic heterocycles. The number of piperidine rings is 1. The summed E-state index contributed by atoms with van der Waals surface area (Å²) in [5.41, 5.74) is -0.522. The van der Waals surface area contributed by atoms with Crippen LogP contribution in [-0.4, -0.2) is 63.3 Å². The van der Waals surface area contributed by atoms with Crippen LogP contribution in [0.4, 0.5) is 4.39 Å². The van der Waals surface area contributed by atoms with Gasteiger partial charge < -0.3 is 9.64 Å². The van der Waals surface area contributed by atoms with Crippen LogP contribution in [0.15, 0.2) is 23.1 Å². The van der Waals surface area contributed by atoms with Gasteiger partial charge in [0.25, 0.3) is 5.91 Å². The smallest absolute Gasteiger partial charge is 0.341 e. The van der Waals surface area contributed by atoms with Crippen LogP contribution in [0.1, 0.15) is 30.6 Å². The molecule has 1 aromatic carbocycles. The monoisotopic (exact) mass is 400 g/mol. The average molecular weight is 400 g/mol. The van der Waals surface area contributed by atoms with Gasteiger partial charge in [0.1, 0.15) is 5.82 Å². The molecule has 1 aliphatic rings. The summed E-state index contributed by atoms with van der Waals surface area (Å²) >= 11 is 0. The van der Waals surface area contributed by atoms with Crippen LogP contribution in [0.3, 0.4) is 0 Å². The molecular formula is C18H25FN2O5S. The second kappa shape index (κ2) is 8.35. The zero-order chi connectivity index (χ0) is 20.4. The first-order valence-electron chi connectivity index (χ1n) is 8.69. The van der Waals surface area contributed by atoms with Gasteiger partial charge in [-0.25, -0.2) is 21.9 Å². The van der Waals surface area contributed by atoms with Gasteiger partial charge in [-0.1, -0.05) is 13.8 Å². The normalized spacial score (nSPS) is 20.6. The van der Waals surface area contributed by atoms with E-state index < -0.39 is 34.0 Å². The van der Waals surface area contributed by atoms with Crippen molar-refractivity contribution in [2.75, 3.05) is 33.8 Å². The highest BCUT2D eigenvalue weighted by molar-refractivity contribution is 7.89. The third-order valence-corrected chi connectivity index (χ3v) is 6.30. The number of halogens is 1. The molecule has 7 nitrogen and oxygen atoms in total. The first-order chi connectivity index (χ1) is 12.5. The number of esters is 1. The third-order valence-electron chi connectivity index (χ3n) is 4.48. The minimum absolute atomic E-state index is 0.231. The van der Waals surface area contributed by atoms with E-state index in [1.54, 1.807) is 4.90 Å². The van der Waals surface area contributed by atoms with Crippen molar-refractivity contribution in [3.8, 4) is 0 Å². The quantitative estimate of drug-likeness (QED) is 0.703. The number of benzene rings is 1. The number of hydrogen-bond acceptors (Lipinski definition) is 5. The van der Waals surface area contributed by atoms with Crippen molar-refractivity contribution < 1.29 is 27.1 Å². The van der Waals surface area contributed by atoms with E-state index in [2.05, 4.69) is 0 Å². The predicted octanol–water partition coefficient (Wildman–Crippen LogP) is 1.74. The summed E-state index contributed by atoms with van der Waals surface area (Å²) in [5, 5.41) is 0. The van der Waals surface area contributed by atoms with E-state index in [1.807, 2.05) is 13.8 Å². The van der Waals surface area contributed by atoms with E-state index in [0.717, 1.165) is 28.9 Å². The molecule has 9 heteroatoms. The molecule has 27 heavy (non-hydrogen) atoms. The molecule has 1 saturated heterocycles. The lowest BCUT2D eigenvalue weighted by molar-refractivity contribution is -0.137. The number of rotatable bonds is 5. The van der Waals surface area contributed by atoms with Crippen LogP contribution in [0.2, 0.25) is 0 Å². The van der Waals surface area contributed by atoms with Crippen LogP contribution in [-0.2, 0) is 19.6 Å². The highest BCUT2D eigenvalue weighted by Crippen LogP contribution is 2.21. The molecule has 2 atom stereocenters. The molecule has 1 aromatic rings. The predicted molar refractivity (Wildman–Crippen MR) is 97.1 cm³/mol. The van der Waals surface area contributed by atoms with Gasteiger partial charge in [0.05, 0.1) is 10.5 Å². The number of hydrogen-bond donors (Lipinski definition) is 0. The van der Waals surface area contributed by atoms with Crippen molar-refractivity contribution >= 4 is 21.9 Å². The van der Waals surface area contributed by atoms with Crippen molar-refractivity contribution in [3.05, 3.63) is 29.6 Å². The lowest BCUT2D eigenvalue weighted by Gasteiger charge is -2.34. The lowest BCUT2D eigenvalue weighted by Crippen LogP contribution is -2.44. The van der Waals surface area contributed by atoms with Crippen LogP contribution >= 0.6 is 0 Å². The molecule has 0 spiro atoms. The molecule has 2 rings (SSSR count). The van der Waals surface area contributed by atoms with E-state index >= 15 is 0 Å². The average Bonchev–Trinajstić information content (AvgIpc) is 2.58. The molecule has 1 fully saturated rings. The summed E-state index contributed by atoms with van der Waals surface area (Å²) in [6.45, 7) is 4.77. The topological polar surface area (TPSA) is 84.0 Å². The lowest BCUT2D eigenvalue weighted by atomic mass is 9.92. The van der Waals surface area contributed by atoms with Crippen molar-refractivity contribution in [2.24, 2.45) is 11.8 Å². The minimum atomic E-state index is -3.83. The molecule has 0 aromatic heterocycles.